The topological polar surface area (TPSA) is 51.0 Å². The Morgan fingerprint density at radius 2 is 2.20 bits per heavy atom. The van der Waals surface area contributed by atoms with Crippen molar-refractivity contribution in [1.82, 2.24) is 10.1 Å². The number of nitrogens with zero attached hydrogens (tertiary/aromatic N) is 2. The summed E-state index contributed by atoms with van der Waals surface area (Å²) >= 11 is 1.61. The van der Waals surface area contributed by atoms with Crippen LogP contribution in [0.5, 0.6) is 0 Å². The van der Waals surface area contributed by atoms with E-state index >= 15 is 0 Å². The highest BCUT2D eigenvalue weighted by molar-refractivity contribution is 7.18. The summed E-state index contributed by atoms with van der Waals surface area (Å²) in [5.41, 5.74) is 1.02. The molecule has 15 heavy (non-hydrogen) atoms. The number of aryl methyl sites for hydroxylation is 1. The summed E-state index contributed by atoms with van der Waals surface area (Å²) in [4.78, 5) is 5.37. The Bertz CT molecular complexity index is 447. The predicted molar refractivity (Wildman–Crippen MR) is 61.1 cm³/mol. The molecule has 0 amide bonds. The molecule has 0 saturated carbocycles. The van der Waals surface area contributed by atoms with E-state index in [9.17, 15) is 0 Å². The van der Waals surface area contributed by atoms with Gasteiger partial charge in [0, 0.05) is 12.2 Å². The summed E-state index contributed by atoms with van der Waals surface area (Å²) in [6.07, 6.45) is 3.57. The van der Waals surface area contributed by atoms with Crippen molar-refractivity contribution in [3.63, 3.8) is 0 Å². The van der Waals surface area contributed by atoms with Gasteiger partial charge in [0.2, 0.25) is 0 Å². The Balaban J connectivity index is 2.24. The first-order valence-corrected chi connectivity index (χ1v) is 5.62. The van der Waals surface area contributed by atoms with Crippen LogP contribution < -0.4 is 5.32 Å². The summed E-state index contributed by atoms with van der Waals surface area (Å²) in [5, 5.41) is 7.95. The lowest BCUT2D eigenvalue weighted by Gasteiger charge is -2.03. The predicted octanol–water partition coefficient (Wildman–Crippen LogP) is 2.93. The molecule has 0 atom stereocenters. The van der Waals surface area contributed by atoms with Gasteiger partial charge in [-0.25, -0.2) is 4.98 Å². The van der Waals surface area contributed by atoms with Crippen LogP contribution in [0.1, 0.15) is 19.6 Å². The number of nitrogens with one attached hydrogen (secondary N) is 1. The van der Waals surface area contributed by atoms with Gasteiger partial charge < -0.3 is 9.84 Å². The van der Waals surface area contributed by atoms with Crippen molar-refractivity contribution in [2.45, 2.75) is 26.8 Å². The number of hydrogen-bond donors (Lipinski definition) is 1. The third kappa shape index (κ3) is 2.18. The largest absolute Gasteiger partial charge is 0.361 e. The smallest absolute Gasteiger partial charge is 0.183 e. The zero-order valence-corrected chi connectivity index (χ0v) is 9.76. The van der Waals surface area contributed by atoms with Gasteiger partial charge in [-0.3, -0.25) is 0 Å². The van der Waals surface area contributed by atoms with Crippen molar-refractivity contribution in [1.29, 1.82) is 0 Å². The van der Waals surface area contributed by atoms with E-state index in [0.717, 1.165) is 21.3 Å². The van der Waals surface area contributed by atoms with Crippen LogP contribution >= 0.6 is 11.3 Å². The first-order chi connectivity index (χ1) is 7.16. The lowest BCUT2D eigenvalue weighted by molar-refractivity contribution is 0.398. The molecule has 0 aliphatic carbocycles. The lowest BCUT2D eigenvalue weighted by Crippen LogP contribution is -2.08. The second-order valence-corrected chi connectivity index (χ2v) is 4.66. The van der Waals surface area contributed by atoms with E-state index in [2.05, 4.69) is 29.3 Å². The minimum atomic E-state index is 0.396. The van der Waals surface area contributed by atoms with Gasteiger partial charge in [0.1, 0.15) is 5.76 Å². The van der Waals surface area contributed by atoms with E-state index in [1.165, 1.54) is 0 Å². The summed E-state index contributed by atoms with van der Waals surface area (Å²) in [7, 11) is 0. The van der Waals surface area contributed by atoms with Crippen LogP contribution in [0.4, 0.5) is 5.13 Å². The van der Waals surface area contributed by atoms with Crippen LogP contribution in [-0.4, -0.2) is 16.2 Å². The number of rotatable bonds is 3. The van der Waals surface area contributed by atoms with Gasteiger partial charge in [-0.1, -0.05) is 16.5 Å². The zero-order valence-electron chi connectivity index (χ0n) is 8.94. The summed E-state index contributed by atoms with van der Waals surface area (Å²) in [5.74, 6) is 0.828. The first kappa shape index (κ1) is 10.2. The molecule has 0 aromatic carbocycles. The van der Waals surface area contributed by atoms with E-state index < -0.39 is 0 Å². The number of thiazole rings is 1. The van der Waals surface area contributed by atoms with Crippen LogP contribution in [-0.2, 0) is 0 Å². The molecule has 0 bridgehead atoms. The molecule has 0 fully saturated rings. The fraction of sp³-hybridized carbons (Fsp3) is 0.400. The van der Waals surface area contributed by atoms with Gasteiger partial charge >= 0.3 is 0 Å². The maximum Gasteiger partial charge on any atom is 0.183 e. The Hall–Kier alpha value is -1.36. The van der Waals surface area contributed by atoms with Gasteiger partial charge in [0.15, 0.2) is 5.13 Å². The number of aromatic nitrogens is 2. The monoisotopic (exact) mass is 223 g/mol. The van der Waals surface area contributed by atoms with Gasteiger partial charge in [-0.2, -0.15) is 0 Å². The molecule has 4 nitrogen and oxygen atoms in total. The van der Waals surface area contributed by atoms with Crippen molar-refractivity contribution in [3.8, 4) is 10.4 Å². The fourth-order valence-electron chi connectivity index (χ4n) is 1.25. The first-order valence-electron chi connectivity index (χ1n) is 4.81. The van der Waals surface area contributed by atoms with Crippen LogP contribution in [0.25, 0.3) is 10.4 Å². The summed E-state index contributed by atoms with van der Waals surface area (Å²) in [6.45, 7) is 6.08. The molecule has 0 aliphatic rings. The molecular formula is C10H13N3OS. The molecule has 2 aromatic heterocycles. The Morgan fingerprint density at radius 3 is 2.80 bits per heavy atom. The molecule has 2 rings (SSSR count). The van der Waals surface area contributed by atoms with Crippen molar-refractivity contribution in [2.75, 3.05) is 5.32 Å². The van der Waals surface area contributed by atoms with Crippen LogP contribution in [0.15, 0.2) is 16.9 Å². The van der Waals surface area contributed by atoms with Gasteiger partial charge in [0.25, 0.3) is 0 Å². The highest BCUT2D eigenvalue weighted by atomic mass is 32.1. The molecule has 2 aromatic rings. The average Bonchev–Trinajstić information content (AvgIpc) is 2.72. The average molecular weight is 223 g/mol. The molecule has 2 heterocycles. The van der Waals surface area contributed by atoms with Crippen LogP contribution in [0.3, 0.4) is 0 Å². The lowest BCUT2D eigenvalue weighted by atomic mass is 10.2. The minimum absolute atomic E-state index is 0.396. The third-order valence-electron chi connectivity index (χ3n) is 1.93. The van der Waals surface area contributed by atoms with Crippen LogP contribution in [0, 0.1) is 6.92 Å². The van der Waals surface area contributed by atoms with Crippen molar-refractivity contribution < 1.29 is 4.52 Å². The minimum Gasteiger partial charge on any atom is -0.361 e. The maximum atomic E-state index is 5.02. The van der Waals surface area contributed by atoms with Gasteiger partial charge in [-0.05, 0) is 20.8 Å². The molecule has 1 N–H and O–H groups in total. The van der Waals surface area contributed by atoms with Crippen molar-refractivity contribution in [2.24, 2.45) is 0 Å². The molecule has 5 heteroatoms. The van der Waals surface area contributed by atoms with Crippen molar-refractivity contribution in [3.05, 3.63) is 18.2 Å². The normalized spacial score (nSPS) is 10.9. The molecule has 0 saturated heterocycles. The SMILES string of the molecule is Cc1oncc1-c1cnc(NC(C)C)s1. The second kappa shape index (κ2) is 4.02. The molecule has 80 valence electrons. The van der Waals surface area contributed by atoms with E-state index in [1.54, 1.807) is 17.5 Å². The fourth-order valence-corrected chi connectivity index (χ4v) is 2.27. The number of anilines is 1. The molecule has 0 radical (unpaired) electrons. The molecular weight excluding hydrogens is 210 g/mol. The molecule has 0 spiro atoms. The van der Waals surface area contributed by atoms with E-state index in [0.29, 0.717) is 6.04 Å². The Kier molecular flexibility index (Phi) is 2.73. The Labute approximate surface area is 92.3 Å². The zero-order chi connectivity index (χ0) is 10.8. The highest BCUT2D eigenvalue weighted by Crippen LogP contribution is 2.31. The summed E-state index contributed by atoms with van der Waals surface area (Å²) in [6, 6.07) is 0.396. The van der Waals surface area contributed by atoms with Gasteiger partial charge in [-0.15, -0.1) is 0 Å². The highest BCUT2D eigenvalue weighted by Gasteiger charge is 2.10. The maximum absolute atomic E-state index is 5.02. The standard InChI is InChI=1S/C10H13N3OS/c1-6(2)13-10-11-5-9(15-10)8-4-12-14-7(8)3/h4-6H,1-3H3,(H,11,13). The summed E-state index contributed by atoms with van der Waals surface area (Å²) < 4.78 is 5.02. The van der Waals surface area contributed by atoms with E-state index in [4.69, 9.17) is 4.52 Å². The molecule has 0 aliphatic heterocycles. The molecule has 0 unspecified atom stereocenters. The number of hydrogen-bond acceptors (Lipinski definition) is 5. The van der Waals surface area contributed by atoms with Crippen LogP contribution in [0.2, 0.25) is 0 Å². The van der Waals surface area contributed by atoms with Crippen molar-refractivity contribution >= 4 is 16.5 Å². The Morgan fingerprint density at radius 1 is 1.40 bits per heavy atom. The third-order valence-corrected chi connectivity index (χ3v) is 2.90. The van der Waals surface area contributed by atoms with E-state index in [-0.39, 0.29) is 0 Å². The van der Waals surface area contributed by atoms with E-state index in [1.807, 2.05) is 13.1 Å². The second-order valence-electron chi connectivity index (χ2n) is 3.62. The quantitative estimate of drug-likeness (QED) is 0.869. The van der Waals surface area contributed by atoms with Gasteiger partial charge in [0.05, 0.1) is 16.6 Å².